The highest BCUT2D eigenvalue weighted by Crippen LogP contribution is 2.41. The first-order valence-electron chi connectivity index (χ1n) is 27.9. The number of rotatable bonds is 10. The monoisotopic (exact) mass is 1030 g/mol. The highest BCUT2D eigenvalue weighted by molar-refractivity contribution is 6.14. The Kier molecular flexibility index (Phi) is 11.9. The van der Waals surface area contributed by atoms with Gasteiger partial charge in [-0.3, -0.25) is 0 Å². The minimum Gasteiger partial charge on any atom is -0.309 e. The molecule has 0 aliphatic heterocycles. The molecule has 0 radical (unpaired) electrons. The van der Waals surface area contributed by atoms with Gasteiger partial charge in [-0.15, -0.1) is 0 Å². The standard InChI is InChI=1S/C80H53N/c1-3-11-54(12-4-1)56-19-23-58(24-20-56)60-27-31-62(32-28-60)64-35-39-66(40-36-64)69-45-49-79-77(51-69)78-52-70(67-41-37-65(38-42-67)63-33-29-61(30-34-63)59-25-21-57(22-26-59)55-13-5-2-6-14-55)46-50-80(78)81(79)72-47-43-68(44-48-72)76-53-71-15-7-8-16-73(71)74-17-9-10-18-75(74)76/h1-53H. The van der Waals surface area contributed by atoms with E-state index in [2.05, 4.69) is 326 Å². The van der Waals surface area contributed by atoms with Gasteiger partial charge < -0.3 is 4.57 Å². The number of nitrogens with zero attached hydrogens (tertiary/aromatic N) is 1. The normalized spacial score (nSPS) is 11.5. The summed E-state index contributed by atoms with van der Waals surface area (Å²) < 4.78 is 2.44. The molecular formula is C80H53N. The minimum absolute atomic E-state index is 1.13. The van der Waals surface area contributed by atoms with Crippen LogP contribution in [0.15, 0.2) is 322 Å². The van der Waals surface area contributed by atoms with Crippen LogP contribution in [0.25, 0.3) is 149 Å². The molecule has 1 heteroatoms. The molecule has 0 aliphatic carbocycles. The predicted octanol–water partition coefficient (Wildman–Crippen LogP) is 22.1. The number of fused-ring (bicyclic) bond motifs is 6. The van der Waals surface area contributed by atoms with Crippen molar-refractivity contribution in [2.75, 3.05) is 0 Å². The van der Waals surface area contributed by atoms with Crippen molar-refractivity contribution in [3.05, 3.63) is 322 Å². The van der Waals surface area contributed by atoms with Gasteiger partial charge in [-0.1, -0.05) is 279 Å². The van der Waals surface area contributed by atoms with Gasteiger partial charge in [0.2, 0.25) is 0 Å². The summed E-state index contributed by atoms with van der Waals surface area (Å²) in [5.41, 5.74) is 25.2. The molecule has 1 aromatic heterocycles. The Balaban J connectivity index is 0.752. The van der Waals surface area contributed by atoms with E-state index in [9.17, 15) is 0 Å². The Morgan fingerprint density at radius 3 is 0.802 bits per heavy atom. The van der Waals surface area contributed by atoms with Gasteiger partial charge in [-0.2, -0.15) is 0 Å². The van der Waals surface area contributed by atoms with Gasteiger partial charge in [-0.05, 0) is 164 Å². The maximum Gasteiger partial charge on any atom is 0.0541 e. The van der Waals surface area contributed by atoms with Crippen LogP contribution in [0.4, 0.5) is 0 Å². The Hall–Kier alpha value is -10.6. The molecule has 0 fully saturated rings. The highest BCUT2D eigenvalue weighted by atomic mass is 15.0. The summed E-state index contributed by atoms with van der Waals surface area (Å²) in [6, 6.07) is 118. The fourth-order valence-electron chi connectivity index (χ4n) is 12.1. The third-order valence-corrected chi connectivity index (χ3v) is 16.5. The summed E-state index contributed by atoms with van der Waals surface area (Å²) in [7, 11) is 0. The van der Waals surface area contributed by atoms with Crippen LogP contribution < -0.4 is 0 Å². The van der Waals surface area contributed by atoms with Crippen LogP contribution in [0, 0.1) is 0 Å². The van der Waals surface area contributed by atoms with Crippen molar-refractivity contribution in [1.82, 2.24) is 4.57 Å². The van der Waals surface area contributed by atoms with Crippen LogP contribution in [0.2, 0.25) is 0 Å². The maximum atomic E-state index is 2.44. The Morgan fingerprint density at radius 2 is 0.432 bits per heavy atom. The van der Waals surface area contributed by atoms with E-state index in [1.807, 2.05) is 0 Å². The van der Waals surface area contributed by atoms with E-state index in [0.29, 0.717) is 0 Å². The third kappa shape index (κ3) is 8.98. The summed E-state index contributed by atoms with van der Waals surface area (Å²) in [5, 5.41) is 7.51. The molecule has 0 bridgehead atoms. The summed E-state index contributed by atoms with van der Waals surface area (Å²) in [6.45, 7) is 0. The first-order valence-corrected chi connectivity index (χ1v) is 27.9. The fraction of sp³-hybridized carbons (Fsp3) is 0. The van der Waals surface area contributed by atoms with Gasteiger partial charge in [0.15, 0.2) is 0 Å². The van der Waals surface area contributed by atoms with Crippen molar-refractivity contribution in [2.24, 2.45) is 0 Å². The molecule has 0 unspecified atom stereocenters. The predicted molar refractivity (Wildman–Crippen MR) is 345 cm³/mol. The van der Waals surface area contributed by atoms with E-state index in [-0.39, 0.29) is 0 Å². The molecule has 0 saturated carbocycles. The van der Waals surface area contributed by atoms with Crippen molar-refractivity contribution >= 4 is 43.4 Å². The quantitative estimate of drug-likeness (QED) is 0.120. The summed E-state index contributed by atoms with van der Waals surface area (Å²) in [5.74, 6) is 0. The average molecular weight is 1030 g/mol. The largest absolute Gasteiger partial charge is 0.309 e. The van der Waals surface area contributed by atoms with Crippen molar-refractivity contribution < 1.29 is 0 Å². The molecular weight excluding hydrogens is 975 g/mol. The van der Waals surface area contributed by atoms with Crippen LogP contribution in [0.3, 0.4) is 0 Å². The Morgan fingerprint density at radius 1 is 0.160 bits per heavy atom. The number of hydrogen-bond donors (Lipinski definition) is 0. The fourth-order valence-corrected chi connectivity index (χ4v) is 12.1. The average Bonchev–Trinajstić information content (AvgIpc) is 4.06. The van der Waals surface area contributed by atoms with Crippen LogP contribution in [0.1, 0.15) is 0 Å². The molecule has 0 N–H and O–H groups in total. The van der Waals surface area contributed by atoms with Gasteiger partial charge >= 0.3 is 0 Å². The molecule has 0 spiro atoms. The molecule has 81 heavy (non-hydrogen) atoms. The summed E-state index contributed by atoms with van der Waals surface area (Å²) in [4.78, 5) is 0. The van der Waals surface area contributed by atoms with Crippen LogP contribution in [0.5, 0.6) is 0 Å². The number of aromatic nitrogens is 1. The second-order valence-electron chi connectivity index (χ2n) is 21.2. The molecule has 0 aliphatic rings. The van der Waals surface area contributed by atoms with Gasteiger partial charge in [-0.25, -0.2) is 0 Å². The molecule has 15 rings (SSSR count). The molecule has 0 amide bonds. The summed E-state index contributed by atoms with van der Waals surface area (Å²) >= 11 is 0. The first kappa shape index (κ1) is 47.6. The van der Waals surface area contributed by atoms with Crippen LogP contribution in [-0.2, 0) is 0 Å². The maximum absolute atomic E-state index is 2.44. The van der Waals surface area contributed by atoms with Gasteiger partial charge in [0.1, 0.15) is 0 Å². The topological polar surface area (TPSA) is 4.93 Å². The molecule has 1 nitrogen and oxygen atoms in total. The van der Waals surface area contributed by atoms with Crippen molar-refractivity contribution in [1.29, 1.82) is 0 Å². The summed E-state index contributed by atoms with van der Waals surface area (Å²) in [6.07, 6.45) is 0. The lowest BCUT2D eigenvalue weighted by atomic mass is 9.93. The molecule has 15 aromatic rings. The first-order chi connectivity index (χ1) is 40.1. The number of benzene rings is 14. The van der Waals surface area contributed by atoms with Gasteiger partial charge in [0.25, 0.3) is 0 Å². The minimum atomic E-state index is 1.13. The van der Waals surface area contributed by atoms with Crippen molar-refractivity contribution in [3.63, 3.8) is 0 Å². The zero-order valence-electron chi connectivity index (χ0n) is 44.5. The highest BCUT2D eigenvalue weighted by Gasteiger charge is 2.17. The second-order valence-corrected chi connectivity index (χ2v) is 21.2. The van der Waals surface area contributed by atoms with Crippen LogP contribution in [-0.4, -0.2) is 4.57 Å². The molecule has 378 valence electrons. The number of hydrogen-bond acceptors (Lipinski definition) is 0. The molecule has 1 heterocycles. The van der Waals surface area contributed by atoms with E-state index < -0.39 is 0 Å². The Bertz CT molecular complexity index is 4520. The smallest absolute Gasteiger partial charge is 0.0541 e. The van der Waals surface area contributed by atoms with E-state index >= 15 is 0 Å². The SMILES string of the molecule is c1ccc(-c2ccc(-c3ccc(-c4ccc(-c5ccc6c(c5)c5cc(-c7ccc(-c8ccc(-c9ccc(-c%10ccccc%10)cc9)cc8)cc7)ccc5n6-c5ccc(-c6cc7ccccc7c7ccccc67)cc5)cc4)cc3)cc2)cc1. The van der Waals surface area contributed by atoms with Gasteiger partial charge in [0.05, 0.1) is 11.0 Å². The molecule has 0 saturated heterocycles. The van der Waals surface area contributed by atoms with E-state index in [0.717, 1.165) is 5.69 Å². The van der Waals surface area contributed by atoms with Gasteiger partial charge in [0, 0.05) is 16.5 Å². The second kappa shape index (κ2) is 20.3. The molecule has 14 aromatic carbocycles. The van der Waals surface area contributed by atoms with Crippen LogP contribution >= 0.6 is 0 Å². The molecule has 0 atom stereocenters. The van der Waals surface area contributed by atoms with Crippen molar-refractivity contribution in [3.8, 4) is 106 Å². The van der Waals surface area contributed by atoms with Crippen molar-refractivity contribution in [2.45, 2.75) is 0 Å². The zero-order valence-corrected chi connectivity index (χ0v) is 44.5. The third-order valence-electron chi connectivity index (χ3n) is 16.5. The lowest BCUT2D eigenvalue weighted by molar-refractivity contribution is 1.18. The lowest BCUT2D eigenvalue weighted by Crippen LogP contribution is -1.94. The lowest BCUT2D eigenvalue weighted by Gasteiger charge is -2.13. The van der Waals surface area contributed by atoms with E-state index in [4.69, 9.17) is 0 Å². The van der Waals surface area contributed by atoms with E-state index in [1.165, 1.54) is 143 Å². The van der Waals surface area contributed by atoms with E-state index in [1.54, 1.807) is 0 Å². The Labute approximate surface area is 472 Å². The zero-order chi connectivity index (χ0) is 53.6.